The Balaban J connectivity index is 0.000000606. The van der Waals surface area contributed by atoms with Crippen molar-refractivity contribution in [1.82, 2.24) is 25.6 Å². The number of urea groups is 1. The van der Waals surface area contributed by atoms with Gasteiger partial charge in [-0.05, 0) is 37.0 Å². The van der Waals surface area contributed by atoms with Crippen molar-refractivity contribution in [3.05, 3.63) is 48.6 Å². The zero-order chi connectivity index (χ0) is 38.4. The summed E-state index contributed by atoms with van der Waals surface area (Å²) in [5.41, 5.74) is 0.0107. The average Bonchev–Trinajstić information content (AvgIpc) is 3.61. The molecule has 1 aromatic carbocycles. The molecule has 1 aromatic rings. The molecule has 2 fully saturated rings. The van der Waals surface area contributed by atoms with Crippen molar-refractivity contribution in [2.75, 3.05) is 18.8 Å². The summed E-state index contributed by atoms with van der Waals surface area (Å²) >= 11 is 4.88. The second-order valence-corrected chi connectivity index (χ2v) is 14.8. The van der Waals surface area contributed by atoms with Gasteiger partial charge in [-0.2, -0.15) is 0 Å². The molecule has 0 bridgehead atoms. The summed E-state index contributed by atoms with van der Waals surface area (Å²) in [6.45, 7) is 14.1. The molecule has 1 aliphatic heterocycles. The first-order valence-electron chi connectivity index (χ1n) is 17.6. The molecule has 4 atom stereocenters. The molecule has 1 aliphatic carbocycles. The lowest BCUT2D eigenvalue weighted by molar-refractivity contribution is -0.138. The molecule has 4 unspecified atom stereocenters. The molecule has 13 heteroatoms. The van der Waals surface area contributed by atoms with Crippen LogP contribution < -0.4 is 20.7 Å². The number of rotatable bonds is 14. The molecular formula is C38H57N5O6S2. The van der Waals surface area contributed by atoms with E-state index < -0.39 is 46.6 Å². The molecule has 4 amide bonds. The van der Waals surface area contributed by atoms with Gasteiger partial charge in [0.2, 0.25) is 11.7 Å². The Bertz CT molecular complexity index is 1320. The third kappa shape index (κ3) is 15.7. The van der Waals surface area contributed by atoms with Gasteiger partial charge in [0.05, 0.1) is 17.8 Å². The lowest BCUT2D eigenvalue weighted by Crippen LogP contribution is -2.59. The van der Waals surface area contributed by atoms with Crippen LogP contribution in [0.2, 0.25) is 0 Å². The molecule has 0 radical (unpaired) electrons. The number of ketones is 2. The highest BCUT2D eigenvalue weighted by Gasteiger charge is 2.40. The highest BCUT2D eigenvalue weighted by atomic mass is 32.2. The number of likely N-dealkylation sites (tertiary alicyclic amines) is 1. The second-order valence-electron chi connectivity index (χ2n) is 13.5. The third-order valence-electron chi connectivity index (χ3n) is 8.20. The van der Waals surface area contributed by atoms with Gasteiger partial charge in [-0.25, -0.2) is 9.52 Å². The molecule has 11 nitrogen and oxygen atoms in total. The Morgan fingerprint density at radius 2 is 1.67 bits per heavy atom. The second kappa shape index (κ2) is 24.6. The zero-order valence-electron chi connectivity index (χ0n) is 30.7. The summed E-state index contributed by atoms with van der Waals surface area (Å²) in [6.07, 6.45) is 15.0. The quantitative estimate of drug-likeness (QED) is 0.0335. The van der Waals surface area contributed by atoms with E-state index in [4.69, 9.17) is 6.42 Å². The summed E-state index contributed by atoms with van der Waals surface area (Å²) in [7, 11) is 0. The number of nitrogens with zero attached hydrogens (tertiary/aromatic N) is 1. The number of thiol groups is 1. The number of hydrogen-bond donors (Lipinski definition) is 5. The number of aldehydes is 1. The monoisotopic (exact) mass is 743 g/mol. The fourth-order valence-corrected chi connectivity index (χ4v) is 6.59. The van der Waals surface area contributed by atoms with Crippen molar-refractivity contribution in [3.8, 4) is 12.3 Å². The van der Waals surface area contributed by atoms with E-state index in [1.807, 2.05) is 39.0 Å². The lowest BCUT2D eigenvalue weighted by atomic mass is 9.81. The van der Waals surface area contributed by atoms with Gasteiger partial charge in [-0.1, -0.05) is 115 Å². The minimum Gasteiger partial charge on any atom is -0.346 e. The van der Waals surface area contributed by atoms with Gasteiger partial charge in [0, 0.05) is 18.7 Å². The molecule has 0 spiro atoms. The Hall–Kier alpha value is -3.60. The van der Waals surface area contributed by atoms with Crippen LogP contribution >= 0.6 is 24.6 Å². The molecule has 282 valence electrons. The number of Topliss-reactive ketones (excluding diaryl/α,β-unsaturated/α-hetero) is 2. The molecule has 3 rings (SSSR count). The first-order chi connectivity index (χ1) is 24.3. The number of hydrogen-bond acceptors (Lipinski definition) is 9. The van der Waals surface area contributed by atoms with Gasteiger partial charge in [-0.3, -0.25) is 19.2 Å². The van der Waals surface area contributed by atoms with Crippen LogP contribution in [0, 0.1) is 23.7 Å². The number of amides is 4. The molecular weight excluding hydrogens is 687 g/mol. The third-order valence-corrected chi connectivity index (χ3v) is 9.63. The van der Waals surface area contributed by atoms with Crippen LogP contribution in [0.25, 0.3) is 0 Å². The summed E-state index contributed by atoms with van der Waals surface area (Å²) in [5.74, 6) is 1.13. The smallest absolute Gasteiger partial charge is 0.316 e. The van der Waals surface area contributed by atoms with Gasteiger partial charge in [-0.15, -0.1) is 24.8 Å². The highest BCUT2D eigenvalue weighted by Crippen LogP contribution is 2.29. The molecule has 51 heavy (non-hydrogen) atoms. The number of carbonyl (C=O) groups excluding carboxylic acids is 6. The maximum Gasteiger partial charge on any atom is 0.316 e. The number of benzene rings is 1. The largest absolute Gasteiger partial charge is 0.346 e. The van der Waals surface area contributed by atoms with Crippen molar-refractivity contribution < 1.29 is 28.8 Å². The summed E-state index contributed by atoms with van der Waals surface area (Å²) in [5, 5.41) is 7.41. The van der Waals surface area contributed by atoms with Crippen molar-refractivity contribution in [2.45, 2.75) is 109 Å². The minimum absolute atomic E-state index is 0.0685. The fraction of sp³-hybridized carbons (Fsp3) is 0.579. The van der Waals surface area contributed by atoms with Gasteiger partial charge in [0.15, 0.2) is 5.78 Å². The van der Waals surface area contributed by atoms with Crippen molar-refractivity contribution in [2.24, 2.45) is 11.3 Å². The number of carbonyl (C=O) groups is 6. The van der Waals surface area contributed by atoms with E-state index in [9.17, 15) is 28.8 Å². The summed E-state index contributed by atoms with van der Waals surface area (Å²) in [4.78, 5) is 75.4. The van der Waals surface area contributed by atoms with Gasteiger partial charge < -0.3 is 25.6 Å². The van der Waals surface area contributed by atoms with Crippen LogP contribution in [0.5, 0.6) is 0 Å². The van der Waals surface area contributed by atoms with Crippen molar-refractivity contribution in [1.29, 1.82) is 0 Å². The zero-order valence-corrected chi connectivity index (χ0v) is 32.5. The van der Waals surface area contributed by atoms with E-state index in [-0.39, 0.29) is 24.2 Å². The van der Waals surface area contributed by atoms with Crippen molar-refractivity contribution >= 4 is 60.3 Å². The number of thioether (sulfide) groups is 1. The lowest BCUT2D eigenvalue weighted by Gasteiger charge is -2.36. The fourth-order valence-electron chi connectivity index (χ4n) is 5.66. The molecule has 1 saturated heterocycles. The standard InChI is InChI=1S/C26H37N3O4.C9H12N2O2S2.C3H8/c1-26(2,3)23(24(32)29-16-10-15-20(29)17-30)28-25(33)27-21(18-11-6-4-7-12-18)22(31)19-13-8-5-9-14-19;1-3-5-10-8(13)7(12)9(11-14)15-6-4-2;1-3-2/h5,8-9,13-14,17-18,20-21,23H,4,6-7,10-12,15-16H2,1-3H3,(H2,27,28,33);2-3,9,11,14H,1,5-6H2,(H,10,13);3H2,1-2H3. The molecule has 2 aliphatic rings. The Morgan fingerprint density at radius 3 is 2.20 bits per heavy atom. The Labute approximate surface area is 314 Å². The Morgan fingerprint density at radius 1 is 1.04 bits per heavy atom. The van der Waals surface area contributed by atoms with Crippen LogP contribution in [-0.4, -0.2) is 82.9 Å². The predicted molar refractivity (Wildman–Crippen MR) is 208 cm³/mol. The van der Waals surface area contributed by atoms with Crippen LogP contribution in [0.1, 0.15) is 96.3 Å². The highest BCUT2D eigenvalue weighted by molar-refractivity contribution is 8.01. The summed E-state index contributed by atoms with van der Waals surface area (Å²) < 4.78 is 2.42. The Kier molecular flexibility index (Phi) is 21.9. The number of terminal acetylenes is 1. The molecule has 1 heterocycles. The van der Waals surface area contributed by atoms with E-state index >= 15 is 0 Å². The van der Waals surface area contributed by atoms with E-state index in [2.05, 4.69) is 59.8 Å². The van der Waals surface area contributed by atoms with E-state index in [1.54, 1.807) is 17.0 Å². The maximum atomic E-state index is 13.3. The van der Waals surface area contributed by atoms with E-state index in [0.717, 1.165) is 56.6 Å². The maximum absolute atomic E-state index is 13.3. The topological polar surface area (TPSA) is 154 Å². The molecule has 0 aromatic heterocycles. The minimum atomic E-state index is -0.808. The van der Waals surface area contributed by atoms with E-state index in [1.165, 1.54) is 12.5 Å². The van der Waals surface area contributed by atoms with Crippen LogP contribution in [0.4, 0.5) is 4.79 Å². The average molecular weight is 744 g/mol. The first-order valence-corrected chi connectivity index (χ1v) is 19.1. The van der Waals surface area contributed by atoms with Gasteiger partial charge >= 0.3 is 6.03 Å². The normalized spacial score (nSPS) is 17.4. The van der Waals surface area contributed by atoms with Crippen LogP contribution in [0.15, 0.2) is 43.0 Å². The summed E-state index contributed by atoms with van der Waals surface area (Å²) in [6, 6.07) is 6.62. The van der Waals surface area contributed by atoms with Crippen LogP contribution in [0.3, 0.4) is 0 Å². The van der Waals surface area contributed by atoms with Crippen molar-refractivity contribution in [3.63, 3.8) is 0 Å². The van der Waals surface area contributed by atoms with Crippen LogP contribution in [-0.2, 0) is 19.2 Å². The number of nitrogens with one attached hydrogen (secondary N) is 4. The predicted octanol–water partition coefficient (Wildman–Crippen LogP) is 5.12. The molecule has 4 N–H and O–H groups in total. The van der Waals surface area contributed by atoms with E-state index in [0.29, 0.717) is 24.3 Å². The van der Waals surface area contributed by atoms with Gasteiger partial charge in [0.1, 0.15) is 17.7 Å². The SMILES string of the molecule is C#CCSC(NS)C(=O)C(=O)NCC=C.CC(C)(C)C(NC(=O)NC(C(=O)c1ccccc1)C1CCCCC1)C(=O)N1CCCC1C=O.CCC. The first kappa shape index (κ1) is 45.4. The van der Waals surface area contributed by atoms with Gasteiger partial charge in [0.25, 0.3) is 5.91 Å². The molecule has 1 saturated carbocycles.